The fourth-order valence-electron chi connectivity index (χ4n) is 3.90. The average molecular weight is 506 g/mol. The van der Waals surface area contributed by atoms with Crippen molar-refractivity contribution >= 4 is 21.6 Å². The van der Waals surface area contributed by atoms with Crippen LogP contribution >= 0.6 is 0 Å². The Balaban J connectivity index is 1.84. The first kappa shape index (κ1) is 28.8. The minimum Gasteiger partial charge on any atom is -0.497 e. The summed E-state index contributed by atoms with van der Waals surface area (Å²) >= 11 is 0. The van der Waals surface area contributed by atoms with E-state index in [2.05, 4.69) is 30.1 Å². The van der Waals surface area contributed by atoms with E-state index in [1.54, 1.807) is 33.1 Å². The van der Waals surface area contributed by atoms with Gasteiger partial charge in [-0.15, -0.1) is 0 Å². The third kappa shape index (κ3) is 8.31. The molecule has 0 saturated carbocycles. The fraction of sp³-hybridized carbons (Fsp3) is 0.500. The predicted molar refractivity (Wildman–Crippen MR) is 140 cm³/mol. The molecule has 1 amide bonds. The number of carbonyl (C=O) groups is 1. The van der Waals surface area contributed by atoms with Crippen molar-refractivity contribution in [2.75, 3.05) is 58.9 Å². The van der Waals surface area contributed by atoms with Crippen LogP contribution in [0.2, 0.25) is 0 Å². The molecule has 35 heavy (non-hydrogen) atoms. The lowest BCUT2D eigenvalue weighted by Gasteiger charge is -2.20. The van der Waals surface area contributed by atoms with Gasteiger partial charge in [0.25, 0.3) is 0 Å². The SMILES string of the molecule is CCN(CC)CCc1cccc(NC(=O)COCCN(C)S(=O)(=O)c2c(C)cc(OC)cc2C)c1. The van der Waals surface area contributed by atoms with Gasteiger partial charge in [-0.2, -0.15) is 4.31 Å². The highest BCUT2D eigenvalue weighted by molar-refractivity contribution is 7.89. The summed E-state index contributed by atoms with van der Waals surface area (Å²) in [6, 6.07) is 11.2. The van der Waals surface area contributed by atoms with E-state index < -0.39 is 10.0 Å². The summed E-state index contributed by atoms with van der Waals surface area (Å²) < 4.78 is 38.0. The van der Waals surface area contributed by atoms with Gasteiger partial charge in [0.1, 0.15) is 12.4 Å². The Morgan fingerprint density at radius 1 is 1.03 bits per heavy atom. The van der Waals surface area contributed by atoms with Gasteiger partial charge in [0.2, 0.25) is 15.9 Å². The number of methoxy groups -OCH3 is 1. The summed E-state index contributed by atoms with van der Waals surface area (Å²) in [5.41, 5.74) is 3.12. The Kier molecular flexibility index (Phi) is 11.2. The van der Waals surface area contributed by atoms with E-state index >= 15 is 0 Å². The third-order valence-corrected chi connectivity index (χ3v) is 8.11. The van der Waals surface area contributed by atoms with Crippen molar-refractivity contribution < 1.29 is 22.7 Å². The zero-order valence-corrected chi connectivity index (χ0v) is 22.6. The van der Waals surface area contributed by atoms with Crippen LogP contribution in [-0.4, -0.2) is 77.1 Å². The zero-order chi connectivity index (χ0) is 26.0. The van der Waals surface area contributed by atoms with Crippen LogP contribution in [0.5, 0.6) is 5.75 Å². The highest BCUT2D eigenvalue weighted by Gasteiger charge is 2.25. The lowest BCUT2D eigenvalue weighted by Crippen LogP contribution is -2.32. The molecule has 0 aliphatic heterocycles. The van der Waals surface area contributed by atoms with Gasteiger partial charge in [0.15, 0.2) is 0 Å². The number of aryl methyl sites for hydroxylation is 2. The van der Waals surface area contributed by atoms with Gasteiger partial charge in [-0.25, -0.2) is 8.42 Å². The first-order chi connectivity index (χ1) is 16.6. The monoisotopic (exact) mass is 505 g/mol. The summed E-state index contributed by atoms with van der Waals surface area (Å²) in [5, 5.41) is 2.85. The molecule has 0 atom stereocenters. The number of sulfonamides is 1. The minimum absolute atomic E-state index is 0.0985. The summed E-state index contributed by atoms with van der Waals surface area (Å²) in [5.74, 6) is 0.337. The summed E-state index contributed by atoms with van der Waals surface area (Å²) in [6.45, 7) is 10.9. The van der Waals surface area contributed by atoms with Crippen LogP contribution in [0.25, 0.3) is 0 Å². The van der Waals surface area contributed by atoms with E-state index in [1.807, 2.05) is 18.2 Å². The first-order valence-electron chi connectivity index (χ1n) is 11.9. The number of benzene rings is 2. The molecule has 0 aliphatic carbocycles. The molecule has 0 aliphatic rings. The molecule has 9 heteroatoms. The van der Waals surface area contributed by atoms with Crippen molar-refractivity contribution in [3.05, 3.63) is 53.1 Å². The van der Waals surface area contributed by atoms with Crippen LogP contribution < -0.4 is 10.1 Å². The molecule has 2 rings (SSSR count). The van der Waals surface area contributed by atoms with E-state index in [4.69, 9.17) is 9.47 Å². The summed E-state index contributed by atoms with van der Waals surface area (Å²) in [7, 11) is -0.648. The van der Waals surface area contributed by atoms with E-state index in [-0.39, 0.29) is 30.6 Å². The number of carbonyl (C=O) groups excluding carboxylic acids is 1. The molecule has 0 spiro atoms. The maximum absolute atomic E-state index is 13.1. The fourth-order valence-corrected chi connectivity index (χ4v) is 5.46. The van der Waals surface area contributed by atoms with Gasteiger partial charge in [0, 0.05) is 25.8 Å². The zero-order valence-electron chi connectivity index (χ0n) is 21.8. The lowest BCUT2D eigenvalue weighted by atomic mass is 10.1. The van der Waals surface area contributed by atoms with Crippen molar-refractivity contribution in [1.82, 2.24) is 9.21 Å². The summed E-state index contributed by atoms with van der Waals surface area (Å²) in [6.07, 6.45) is 0.913. The molecule has 1 N–H and O–H groups in total. The molecule has 0 aromatic heterocycles. The van der Waals surface area contributed by atoms with Crippen molar-refractivity contribution in [2.45, 2.75) is 39.0 Å². The average Bonchev–Trinajstić information content (AvgIpc) is 2.81. The maximum Gasteiger partial charge on any atom is 0.250 e. The number of ether oxygens (including phenoxy) is 2. The van der Waals surface area contributed by atoms with Gasteiger partial charge in [-0.05, 0) is 74.3 Å². The third-order valence-electron chi connectivity index (χ3n) is 5.94. The van der Waals surface area contributed by atoms with E-state index in [1.165, 1.54) is 11.4 Å². The van der Waals surface area contributed by atoms with E-state index in [0.717, 1.165) is 37.3 Å². The standard InChI is InChI=1S/C26H39N3O5S/c1-7-29(8-2)13-12-22-10-9-11-23(18-22)27-25(30)19-34-15-14-28(5)35(31,32)26-20(3)16-24(33-6)17-21(26)4/h9-11,16-18H,7-8,12-15,19H2,1-6H3,(H,27,30). The van der Waals surface area contributed by atoms with Gasteiger partial charge in [0.05, 0.1) is 18.6 Å². The number of likely N-dealkylation sites (N-methyl/N-ethyl adjacent to an activating group) is 2. The largest absolute Gasteiger partial charge is 0.497 e. The van der Waals surface area contributed by atoms with Crippen LogP contribution in [-0.2, 0) is 26.0 Å². The second-order valence-electron chi connectivity index (χ2n) is 8.49. The predicted octanol–water partition coefficient (Wildman–Crippen LogP) is 3.47. The van der Waals surface area contributed by atoms with Crippen molar-refractivity contribution in [2.24, 2.45) is 0 Å². The molecule has 2 aromatic rings. The molecule has 0 radical (unpaired) electrons. The normalized spacial score (nSPS) is 11.8. The molecule has 0 fully saturated rings. The number of hydrogen-bond acceptors (Lipinski definition) is 6. The van der Waals surface area contributed by atoms with Crippen LogP contribution in [0.4, 0.5) is 5.69 Å². The number of rotatable bonds is 14. The first-order valence-corrected chi connectivity index (χ1v) is 13.4. The van der Waals surface area contributed by atoms with Gasteiger partial charge >= 0.3 is 0 Å². The topological polar surface area (TPSA) is 88.2 Å². The minimum atomic E-state index is -3.70. The van der Waals surface area contributed by atoms with Crippen LogP contribution in [0.1, 0.15) is 30.5 Å². The highest BCUT2D eigenvalue weighted by Crippen LogP contribution is 2.27. The molecular weight excluding hydrogens is 466 g/mol. The number of hydrogen-bond donors (Lipinski definition) is 1. The number of anilines is 1. The molecule has 0 unspecified atom stereocenters. The number of amides is 1. The van der Waals surface area contributed by atoms with Crippen LogP contribution in [0.3, 0.4) is 0 Å². The Hall–Kier alpha value is -2.46. The lowest BCUT2D eigenvalue weighted by molar-refractivity contribution is -0.120. The second kappa shape index (κ2) is 13.6. The van der Waals surface area contributed by atoms with E-state index in [9.17, 15) is 13.2 Å². The molecule has 0 bridgehead atoms. The smallest absolute Gasteiger partial charge is 0.250 e. The van der Waals surface area contributed by atoms with Crippen molar-refractivity contribution in [1.29, 1.82) is 0 Å². The Morgan fingerprint density at radius 2 is 1.69 bits per heavy atom. The molecule has 0 heterocycles. The van der Waals surface area contributed by atoms with Crippen LogP contribution in [0.15, 0.2) is 41.3 Å². The van der Waals surface area contributed by atoms with Gasteiger partial charge in [-0.1, -0.05) is 26.0 Å². The Labute approximate surface area is 210 Å². The number of nitrogens with one attached hydrogen (secondary N) is 1. The summed E-state index contributed by atoms with van der Waals surface area (Å²) in [4.78, 5) is 14.9. The Bertz CT molecular complexity index is 1060. The van der Waals surface area contributed by atoms with Gasteiger partial charge < -0.3 is 19.7 Å². The molecule has 2 aromatic carbocycles. The maximum atomic E-state index is 13.1. The Morgan fingerprint density at radius 3 is 2.29 bits per heavy atom. The second-order valence-corrected chi connectivity index (χ2v) is 10.5. The van der Waals surface area contributed by atoms with Crippen molar-refractivity contribution in [3.63, 3.8) is 0 Å². The highest BCUT2D eigenvalue weighted by atomic mass is 32.2. The number of nitrogens with zero attached hydrogens (tertiary/aromatic N) is 2. The molecule has 0 saturated heterocycles. The quantitative estimate of drug-likeness (QED) is 0.396. The van der Waals surface area contributed by atoms with Crippen molar-refractivity contribution in [3.8, 4) is 5.75 Å². The van der Waals surface area contributed by atoms with Crippen LogP contribution in [0, 0.1) is 13.8 Å². The van der Waals surface area contributed by atoms with E-state index in [0.29, 0.717) is 16.9 Å². The molecule has 8 nitrogen and oxygen atoms in total. The molecular formula is C26H39N3O5S. The van der Waals surface area contributed by atoms with Gasteiger partial charge in [-0.3, -0.25) is 4.79 Å². The molecule has 194 valence electrons.